The Bertz CT molecular complexity index is 1030. The van der Waals surface area contributed by atoms with Crippen molar-refractivity contribution in [2.75, 3.05) is 18.2 Å². The molecule has 2 aliphatic rings. The van der Waals surface area contributed by atoms with E-state index in [0.717, 1.165) is 60.5 Å². The third kappa shape index (κ3) is 3.42. The third-order valence-electron chi connectivity index (χ3n) is 8.18. The number of carboxylic acids is 1. The van der Waals surface area contributed by atoms with Gasteiger partial charge in [-0.15, -0.1) is 0 Å². The van der Waals surface area contributed by atoms with Gasteiger partial charge in [-0.2, -0.15) is 0 Å². The average molecular weight is 437 g/mol. The number of fused-ring (bicyclic) bond motifs is 3. The van der Waals surface area contributed by atoms with E-state index in [2.05, 4.69) is 32.2 Å². The minimum atomic E-state index is -0.695. The van der Waals surface area contributed by atoms with Gasteiger partial charge < -0.3 is 20.9 Å². The van der Waals surface area contributed by atoms with E-state index in [0.29, 0.717) is 0 Å². The summed E-state index contributed by atoms with van der Waals surface area (Å²) in [6.45, 7) is 8.56. The normalized spacial score (nSPS) is 26.9. The molecule has 1 unspecified atom stereocenters. The van der Waals surface area contributed by atoms with Crippen LogP contribution in [-0.2, 0) is 16.6 Å². The van der Waals surface area contributed by atoms with Crippen LogP contribution in [0.25, 0.3) is 0 Å². The Kier molecular flexibility index (Phi) is 5.64. The van der Waals surface area contributed by atoms with E-state index in [9.17, 15) is 9.90 Å². The van der Waals surface area contributed by atoms with Crippen LogP contribution < -0.4 is 15.8 Å². The molecular weight excluding hydrogens is 400 g/mol. The van der Waals surface area contributed by atoms with Gasteiger partial charge in [0.1, 0.15) is 5.75 Å². The first-order valence-corrected chi connectivity index (χ1v) is 11.7. The number of ether oxygens (including phenoxy) is 1. The van der Waals surface area contributed by atoms with E-state index >= 15 is 0 Å². The quantitative estimate of drug-likeness (QED) is 0.483. The smallest absolute Gasteiger partial charge is 0.309 e. The Labute approximate surface area is 191 Å². The average Bonchev–Trinajstić information content (AvgIpc) is 2.74. The molecule has 0 saturated heterocycles. The fourth-order valence-corrected chi connectivity index (χ4v) is 6.47. The number of nitrogens with two attached hydrogens (primary N) is 1. The summed E-state index contributed by atoms with van der Waals surface area (Å²) < 4.78 is 5.29. The molecule has 4 rings (SSSR count). The molecule has 0 aliphatic heterocycles. The highest BCUT2D eigenvalue weighted by Gasteiger charge is 2.55. The molecule has 1 saturated carbocycles. The highest BCUT2D eigenvalue weighted by Crippen LogP contribution is 2.59. The van der Waals surface area contributed by atoms with E-state index in [4.69, 9.17) is 10.5 Å². The highest BCUT2D eigenvalue weighted by molar-refractivity contribution is 5.78. The second-order valence-electron chi connectivity index (χ2n) is 10.4. The van der Waals surface area contributed by atoms with Crippen molar-refractivity contribution in [1.29, 1.82) is 0 Å². The van der Waals surface area contributed by atoms with Crippen LogP contribution in [-0.4, -0.2) is 18.2 Å². The zero-order valence-electron chi connectivity index (χ0n) is 19.9. The number of hydrogen-bond acceptors (Lipinski definition) is 4. The van der Waals surface area contributed by atoms with Gasteiger partial charge in [0, 0.05) is 22.6 Å². The van der Waals surface area contributed by atoms with Crippen molar-refractivity contribution in [3.05, 3.63) is 47.0 Å². The summed E-state index contributed by atoms with van der Waals surface area (Å²) in [7, 11) is 1.66. The number of carbonyl (C=O) groups is 1. The lowest BCUT2D eigenvalue weighted by Crippen LogP contribution is -2.52. The summed E-state index contributed by atoms with van der Waals surface area (Å²) in [5, 5.41) is 13.7. The van der Waals surface area contributed by atoms with Crippen LogP contribution in [0.2, 0.25) is 0 Å². The Morgan fingerprint density at radius 2 is 1.91 bits per heavy atom. The molecule has 5 heteroatoms. The molecule has 0 bridgehead atoms. The summed E-state index contributed by atoms with van der Waals surface area (Å²) in [6.07, 6.45) is 4.37. The number of methoxy groups -OCH3 is 1. The molecule has 2 aromatic carbocycles. The molecule has 32 heavy (non-hydrogen) atoms. The zero-order valence-corrected chi connectivity index (χ0v) is 19.9. The molecule has 0 aromatic heterocycles. The second-order valence-corrected chi connectivity index (χ2v) is 10.4. The molecule has 0 amide bonds. The minimum absolute atomic E-state index is 0.104. The first-order valence-electron chi connectivity index (χ1n) is 11.7. The Hall–Kier alpha value is -2.69. The van der Waals surface area contributed by atoms with Gasteiger partial charge in [0.25, 0.3) is 0 Å². The summed E-state index contributed by atoms with van der Waals surface area (Å²) >= 11 is 0. The van der Waals surface area contributed by atoms with Crippen LogP contribution in [0.4, 0.5) is 17.1 Å². The number of rotatable bonds is 5. The van der Waals surface area contributed by atoms with Crippen molar-refractivity contribution in [3.63, 3.8) is 0 Å². The number of carboxylic acid groups (broad SMARTS) is 1. The molecule has 4 N–H and O–H groups in total. The zero-order chi connectivity index (χ0) is 23.3. The number of aliphatic carboxylic acids is 1. The van der Waals surface area contributed by atoms with Gasteiger partial charge in [0.15, 0.2) is 0 Å². The fraction of sp³-hybridized carbons (Fsp3) is 0.519. The largest absolute Gasteiger partial charge is 0.497 e. The number of hydrogen-bond donors (Lipinski definition) is 3. The summed E-state index contributed by atoms with van der Waals surface area (Å²) in [4.78, 5) is 12.3. The second kappa shape index (κ2) is 8.02. The topological polar surface area (TPSA) is 84.6 Å². The number of nitrogen functional groups attached to an aromatic ring is 1. The molecule has 0 heterocycles. The van der Waals surface area contributed by atoms with E-state index < -0.39 is 11.4 Å². The third-order valence-corrected chi connectivity index (χ3v) is 8.18. The maximum atomic E-state index is 12.3. The van der Waals surface area contributed by atoms with Gasteiger partial charge in [0.2, 0.25) is 0 Å². The predicted molar refractivity (Wildman–Crippen MR) is 130 cm³/mol. The molecular formula is C27H36N2O3. The van der Waals surface area contributed by atoms with E-state index in [1.54, 1.807) is 7.11 Å². The van der Waals surface area contributed by atoms with Gasteiger partial charge in [-0.05, 0) is 91.3 Å². The van der Waals surface area contributed by atoms with Crippen molar-refractivity contribution in [1.82, 2.24) is 0 Å². The van der Waals surface area contributed by atoms with E-state index in [1.165, 1.54) is 11.1 Å². The summed E-state index contributed by atoms with van der Waals surface area (Å²) in [6, 6.07) is 10.2. The van der Waals surface area contributed by atoms with Gasteiger partial charge in [-0.1, -0.05) is 27.2 Å². The van der Waals surface area contributed by atoms with Crippen LogP contribution in [0.15, 0.2) is 30.3 Å². The maximum absolute atomic E-state index is 12.3. The number of anilines is 3. The highest BCUT2D eigenvalue weighted by atomic mass is 16.5. The Morgan fingerprint density at radius 3 is 2.50 bits per heavy atom. The molecule has 3 atom stereocenters. The molecule has 5 nitrogen and oxygen atoms in total. The summed E-state index contributed by atoms with van der Waals surface area (Å²) in [5.41, 5.74) is 12.4. The van der Waals surface area contributed by atoms with Crippen molar-refractivity contribution in [3.8, 4) is 5.75 Å². The van der Waals surface area contributed by atoms with Gasteiger partial charge in [-0.3, -0.25) is 4.79 Å². The van der Waals surface area contributed by atoms with Crippen molar-refractivity contribution < 1.29 is 14.6 Å². The molecule has 172 valence electrons. The Balaban J connectivity index is 1.84. The molecule has 0 radical (unpaired) electrons. The van der Waals surface area contributed by atoms with Crippen molar-refractivity contribution in [2.45, 2.75) is 71.1 Å². The number of benzene rings is 2. The van der Waals surface area contributed by atoms with Crippen LogP contribution in [0.5, 0.6) is 5.75 Å². The lowest BCUT2D eigenvalue weighted by molar-refractivity contribution is -0.157. The van der Waals surface area contributed by atoms with Crippen LogP contribution in [0.1, 0.15) is 76.0 Å². The standard InChI is InChI=1S/C27H36N2O3/c1-16(2)23-21(29-17-7-9-18(32-5)10-8-17)15-20-19(24(23)28)11-12-22-26(20,3)13-6-14-27(22,4)25(30)31/h7-10,15-16,22,29H,6,11-14,28H2,1-5H3,(H,30,31)/t22?,26-,27-/m1/s1. The molecule has 1 fully saturated rings. The minimum Gasteiger partial charge on any atom is -0.497 e. The number of nitrogens with one attached hydrogen (secondary N) is 1. The fourth-order valence-electron chi connectivity index (χ4n) is 6.47. The van der Waals surface area contributed by atoms with Crippen molar-refractivity contribution >= 4 is 23.0 Å². The van der Waals surface area contributed by atoms with Gasteiger partial charge >= 0.3 is 5.97 Å². The molecule has 2 aromatic rings. The first kappa shape index (κ1) is 22.5. The lowest BCUT2D eigenvalue weighted by atomic mass is 9.49. The first-order chi connectivity index (χ1) is 15.1. The van der Waals surface area contributed by atoms with Crippen LogP contribution in [0, 0.1) is 11.3 Å². The SMILES string of the molecule is COc1ccc(Nc2cc3c(c(N)c2C(C)C)CCC2[C@](C)(C(=O)O)CCC[C@]32C)cc1. The molecule has 2 aliphatic carbocycles. The van der Waals surface area contributed by atoms with Gasteiger partial charge in [0.05, 0.1) is 12.5 Å². The van der Waals surface area contributed by atoms with Gasteiger partial charge in [-0.25, -0.2) is 0 Å². The van der Waals surface area contributed by atoms with Crippen LogP contribution in [0.3, 0.4) is 0 Å². The van der Waals surface area contributed by atoms with Crippen molar-refractivity contribution in [2.24, 2.45) is 11.3 Å². The van der Waals surface area contributed by atoms with E-state index in [1.807, 2.05) is 31.2 Å². The lowest BCUT2D eigenvalue weighted by Gasteiger charge is -2.54. The van der Waals surface area contributed by atoms with E-state index in [-0.39, 0.29) is 17.3 Å². The predicted octanol–water partition coefficient (Wildman–Crippen LogP) is 6.24. The maximum Gasteiger partial charge on any atom is 0.309 e. The monoisotopic (exact) mass is 436 g/mol. The summed E-state index contributed by atoms with van der Waals surface area (Å²) in [5.74, 6) is 0.518. The molecule has 0 spiro atoms. The van der Waals surface area contributed by atoms with Crippen LogP contribution >= 0.6 is 0 Å². The Morgan fingerprint density at radius 1 is 1.22 bits per heavy atom.